The van der Waals surface area contributed by atoms with E-state index in [0.29, 0.717) is 57.1 Å². The van der Waals surface area contributed by atoms with Crippen molar-refractivity contribution in [3.8, 4) is 0 Å². The molecular formula is C37H50FN7O5. The van der Waals surface area contributed by atoms with Crippen LogP contribution < -0.4 is 10.6 Å². The van der Waals surface area contributed by atoms with Gasteiger partial charge in [0.1, 0.15) is 22.8 Å². The van der Waals surface area contributed by atoms with Gasteiger partial charge in [0.25, 0.3) is 5.91 Å². The van der Waals surface area contributed by atoms with E-state index in [4.69, 9.17) is 15.2 Å². The predicted octanol–water partition coefficient (Wildman–Crippen LogP) is 3.82. The third-order valence-electron chi connectivity index (χ3n) is 10.0. The number of hydrogen-bond acceptors (Lipinski definition) is 8. The van der Waals surface area contributed by atoms with E-state index in [1.54, 1.807) is 21.4 Å². The van der Waals surface area contributed by atoms with E-state index in [0.717, 1.165) is 23.4 Å². The highest BCUT2D eigenvalue weighted by Crippen LogP contribution is 2.43. The van der Waals surface area contributed by atoms with Crippen molar-refractivity contribution in [1.82, 2.24) is 24.1 Å². The van der Waals surface area contributed by atoms with Crippen LogP contribution in [-0.4, -0.2) is 118 Å². The lowest BCUT2D eigenvalue weighted by molar-refractivity contribution is -0.121. The van der Waals surface area contributed by atoms with Gasteiger partial charge in [0.05, 0.1) is 37.3 Å². The zero-order valence-electron chi connectivity index (χ0n) is 30.2. The molecule has 2 fully saturated rings. The number of amides is 3. The van der Waals surface area contributed by atoms with Gasteiger partial charge in [-0.2, -0.15) is 0 Å². The summed E-state index contributed by atoms with van der Waals surface area (Å²) >= 11 is 0. The SMILES string of the molecule is C[C@@H]1COCCN1C[C@H]1CN(C(=O)OC(C)(C)C)[C@H](C)CN1CC(=O)N1CC(C)(C)c2c1cc(Cc1ccc(F)cc1)c1ncc(C(N)=O)n21. The largest absolute Gasteiger partial charge is 0.444 e. The number of nitrogens with two attached hydrogens (primary N) is 1. The number of imidazole rings is 1. The lowest BCUT2D eigenvalue weighted by Gasteiger charge is -2.47. The van der Waals surface area contributed by atoms with Crippen molar-refractivity contribution in [3.63, 3.8) is 0 Å². The molecule has 0 bridgehead atoms. The van der Waals surface area contributed by atoms with E-state index in [1.807, 2.05) is 52.5 Å². The second-order valence-corrected chi connectivity index (χ2v) is 15.7. The number of piperazine rings is 1. The Labute approximate surface area is 293 Å². The van der Waals surface area contributed by atoms with Crippen molar-refractivity contribution in [2.24, 2.45) is 5.73 Å². The minimum Gasteiger partial charge on any atom is -0.444 e. The normalized spacial score (nSPS) is 22.9. The molecule has 13 heteroatoms. The molecule has 270 valence electrons. The fourth-order valence-corrected chi connectivity index (χ4v) is 7.59. The lowest BCUT2D eigenvalue weighted by Crippen LogP contribution is -2.64. The first kappa shape index (κ1) is 35.7. The third-order valence-corrected chi connectivity index (χ3v) is 10.0. The number of rotatable bonds is 7. The van der Waals surface area contributed by atoms with Gasteiger partial charge in [-0.15, -0.1) is 0 Å². The van der Waals surface area contributed by atoms with Crippen LogP contribution in [0.15, 0.2) is 36.5 Å². The molecule has 12 nitrogen and oxygen atoms in total. The second-order valence-electron chi connectivity index (χ2n) is 15.7. The van der Waals surface area contributed by atoms with Crippen LogP contribution in [0, 0.1) is 5.82 Å². The summed E-state index contributed by atoms with van der Waals surface area (Å²) in [6.07, 6.45) is 1.54. The van der Waals surface area contributed by atoms with Gasteiger partial charge in [-0.1, -0.05) is 26.0 Å². The number of morpholine rings is 1. The molecule has 3 atom stereocenters. The summed E-state index contributed by atoms with van der Waals surface area (Å²) < 4.78 is 27.0. The molecule has 50 heavy (non-hydrogen) atoms. The van der Waals surface area contributed by atoms with Gasteiger partial charge in [-0.25, -0.2) is 14.2 Å². The highest BCUT2D eigenvalue weighted by Gasteiger charge is 2.44. The van der Waals surface area contributed by atoms with E-state index in [2.05, 4.69) is 21.7 Å². The third kappa shape index (κ3) is 7.22. The van der Waals surface area contributed by atoms with Gasteiger partial charge in [0.15, 0.2) is 0 Å². The summed E-state index contributed by atoms with van der Waals surface area (Å²) in [5, 5.41) is 0. The first-order valence-electron chi connectivity index (χ1n) is 17.5. The Morgan fingerprint density at radius 1 is 1.08 bits per heavy atom. The number of anilines is 1. The van der Waals surface area contributed by atoms with Gasteiger partial charge in [0, 0.05) is 68.2 Å². The molecule has 2 N–H and O–H groups in total. The number of hydrogen-bond donors (Lipinski definition) is 1. The first-order chi connectivity index (χ1) is 23.5. The number of primary amides is 1. The maximum atomic E-state index is 14.6. The summed E-state index contributed by atoms with van der Waals surface area (Å²) in [6, 6.07) is 8.16. The average molecular weight is 692 g/mol. The summed E-state index contributed by atoms with van der Waals surface area (Å²) in [6.45, 7) is 18.0. The monoisotopic (exact) mass is 691 g/mol. The minimum atomic E-state index is -0.626. The zero-order valence-corrected chi connectivity index (χ0v) is 30.2. The molecule has 0 unspecified atom stereocenters. The maximum Gasteiger partial charge on any atom is 0.410 e. The number of pyridine rings is 1. The number of ether oxygens (including phenoxy) is 2. The van der Waals surface area contributed by atoms with E-state index >= 15 is 0 Å². The molecule has 0 aliphatic carbocycles. The fourth-order valence-electron chi connectivity index (χ4n) is 7.59. The minimum absolute atomic E-state index is 0.0809. The molecule has 6 rings (SSSR count). The van der Waals surface area contributed by atoms with Crippen molar-refractivity contribution < 1.29 is 28.2 Å². The van der Waals surface area contributed by atoms with Gasteiger partial charge in [-0.3, -0.25) is 23.8 Å². The van der Waals surface area contributed by atoms with E-state index < -0.39 is 16.9 Å². The molecule has 2 saturated heterocycles. The number of nitrogens with zero attached hydrogens (tertiary/aromatic N) is 6. The maximum absolute atomic E-state index is 14.6. The lowest BCUT2D eigenvalue weighted by atomic mass is 9.90. The highest BCUT2D eigenvalue weighted by atomic mass is 19.1. The van der Waals surface area contributed by atoms with Crippen molar-refractivity contribution in [2.75, 3.05) is 57.4 Å². The Kier molecular flexibility index (Phi) is 9.70. The Morgan fingerprint density at radius 2 is 1.80 bits per heavy atom. The van der Waals surface area contributed by atoms with Crippen LogP contribution in [0.1, 0.15) is 75.8 Å². The predicted molar refractivity (Wildman–Crippen MR) is 188 cm³/mol. The number of halogens is 1. The highest BCUT2D eigenvalue weighted by molar-refractivity contribution is 5.99. The summed E-state index contributed by atoms with van der Waals surface area (Å²) in [5.74, 6) is -1.02. The molecular weight excluding hydrogens is 641 g/mol. The van der Waals surface area contributed by atoms with Gasteiger partial charge >= 0.3 is 6.09 Å². The molecule has 3 aromatic rings. The standard InChI is InChI=1S/C37H50FN7O5/c1-23-17-42(28(18-41-12-13-49-21-24(41)2)19-43(23)35(48)50-36(3,4)5)20-31(46)44-22-37(6,7)32-29(44)15-26(14-25-8-10-27(38)11-9-25)34-40-16-30(33(39)47)45(32)34/h8-11,15-16,23-24,28H,12-14,17-22H2,1-7H3,(H2,39,47)/t23-,24-,28+/m1/s1. The smallest absolute Gasteiger partial charge is 0.410 e. The van der Waals surface area contributed by atoms with E-state index in [-0.39, 0.29) is 48.2 Å². The van der Waals surface area contributed by atoms with Crippen LogP contribution in [-0.2, 0) is 26.1 Å². The Hall–Kier alpha value is -4.07. The number of fused-ring (bicyclic) bond motifs is 3. The summed E-state index contributed by atoms with van der Waals surface area (Å²) in [4.78, 5) is 53.3. The fraction of sp³-hybridized carbons (Fsp3) is 0.568. The van der Waals surface area contributed by atoms with Crippen LogP contribution in [0.2, 0.25) is 0 Å². The van der Waals surface area contributed by atoms with Gasteiger partial charge in [0.2, 0.25) is 5.91 Å². The molecule has 5 heterocycles. The Bertz CT molecular complexity index is 1770. The molecule has 0 radical (unpaired) electrons. The molecule has 3 amide bonds. The molecule has 0 saturated carbocycles. The topological polar surface area (TPSA) is 126 Å². The number of aromatic nitrogens is 2. The van der Waals surface area contributed by atoms with Crippen molar-refractivity contribution in [2.45, 2.75) is 84.0 Å². The average Bonchev–Trinajstić information content (AvgIpc) is 3.58. The van der Waals surface area contributed by atoms with Crippen LogP contribution in [0.4, 0.5) is 14.9 Å². The van der Waals surface area contributed by atoms with Crippen molar-refractivity contribution in [3.05, 3.63) is 64.9 Å². The number of carbonyl (C=O) groups is 3. The Balaban J connectivity index is 1.34. The van der Waals surface area contributed by atoms with Gasteiger partial charge < -0.3 is 25.0 Å². The molecule has 2 aromatic heterocycles. The molecule has 3 aliphatic heterocycles. The van der Waals surface area contributed by atoms with E-state index in [1.165, 1.54) is 18.3 Å². The van der Waals surface area contributed by atoms with Crippen LogP contribution in [0.5, 0.6) is 0 Å². The summed E-state index contributed by atoms with van der Waals surface area (Å²) in [7, 11) is 0. The zero-order chi connectivity index (χ0) is 36.1. The first-order valence-corrected chi connectivity index (χ1v) is 17.5. The molecule has 1 aromatic carbocycles. The number of carbonyl (C=O) groups excluding carboxylic acids is 3. The molecule has 3 aliphatic rings. The number of benzene rings is 1. The van der Waals surface area contributed by atoms with Crippen molar-refractivity contribution >= 4 is 29.2 Å². The van der Waals surface area contributed by atoms with Crippen LogP contribution in [0.3, 0.4) is 0 Å². The van der Waals surface area contributed by atoms with Crippen LogP contribution in [0.25, 0.3) is 5.65 Å². The quantitative estimate of drug-likeness (QED) is 0.397. The Morgan fingerprint density at radius 3 is 2.46 bits per heavy atom. The van der Waals surface area contributed by atoms with E-state index in [9.17, 15) is 18.8 Å². The van der Waals surface area contributed by atoms with Crippen LogP contribution >= 0.6 is 0 Å². The second kappa shape index (κ2) is 13.6. The summed E-state index contributed by atoms with van der Waals surface area (Å²) in [5.41, 5.74) is 8.65. The van der Waals surface area contributed by atoms with Crippen molar-refractivity contribution in [1.29, 1.82) is 0 Å². The molecule has 0 spiro atoms. The van der Waals surface area contributed by atoms with Gasteiger partial charge in [-0.05, 0) is 58.4 Å².